The van der Waals surface area contributed by atoms with Gasteiger partial charge in [0, 0.05) is 30.5 Å². The van der Waals surface area contributed by atoms with E-state index < -0.39 is 35.2 Å². The Balaban J connectivity index is 1.84. The van der Waals surface area contributed by atoms with Gasteiger partial charge in [0.05, 0.1) is 16.1 Å². The van der Waals surface area contributed by atoms with Crippen LogP contribution in [0.5, 0.6) is 5.75 Å². The monoisotopic (exact) mass is 531 g/mol. The number of hydrogen-bond acceptors (Lipinski definition) is 6. The molecule has 2 aromatic carbocycles. The highest BCUT2D eigenvalue weighted by molar-refractivity contribution is 7.13. The topological polar surface area (TPSA) is 103 Å². The summed E-state index contributed by atoms with van der Waals surface area (Å²) in [5.74, 6) is -0.852. The highest BCUT2D eigenvalue weighted by Crippen LogP contribution is 2.36. The van der Waals surface area contributed by atoms with Crippen LogP contribution in [0.2, 0.25) is 0 Å². The number of aliphatic carboxylic acids is 1. The maximum absolute atomic E-state index is 13.2. The average molecular weight is 532 g/mol. The number of carboxylic acid groups (broad SMARTS) is 1. The molecule has 0 radical (unpaired) electrons. The fourth-order valence-corrected chi connectivity index (χ4v) is 4.61. The van der Waals surface area contributed by atoms with E-state index in [0.29, 0.717) is 42.3 Å². The van der Waals surface area contributed by atoms with Crippen LogP contribution in [0.3, 0.4) is 0 Å². The molecular formula is C25H20F3N3O5S. The smallest absolute Gasteiger partial charge is 0.431 e. The van der Waals surface area contributed by atoms with E-state index in [1.807, 2.05) is 6.92 Å². The lowest BCUT2D eigenvalue weighted by Gasteiger charge is -2.15. The van der Waals surface area contributed by atoms with Gasteiger partial charge in [0.2, 0.25) is 0 Å². The van der Waals surface area contributed by atoms with E-state index >= 15 is 0 Å². The molecule has 8 nitrogen and oxygen atoms in total. The van der Waals surface area contributed by atoms with Gasteiger partial charge < -0.3 is 9.84 Å². The Bertz CT molecular complexity index is 1650. The van der Waals surface area contributed by atoms with Gasteiger partial charge in [-0.2, -0.15) is 17.5 Å². The van der Waals surface area contributed by atoms with Gasteiger partial charge in [0.15, 0.2) is 6.10 Å². The lowest BCUT2D eigenvalue weighted by atomic mass is 10.0. The van der Waals surface area contributed by atoms with Crippen molar-refractivity contribution in [2.75, 3.05) is 0 Å². The first kappa shape index (κ1) is 25.9. The van der Waals surface area contributed by atoms with Crippen molar-refractivity contribution in [3.05, 3.63) is 87.2 Å². The number of aromatic nitrogens is 3. The number of ether oxygens (including phenoxy) is 1. The molecule has 192 valence electrons. The fraction of sp³-hybridized carbons (Fsp3) is 0.200. The van der Waals surface area contributed by atoms with Crippen molar-refractivity contribution in [3.63, 3.8) is 0 Å². The second kappa shape index (κ2) is 9.69. The van der Waals surface area contributed by atoms with Gasteiger partial charge in [-0.05, 0) is 54.4 Å². The Kier molecular flexibility index (Phi) is 6.78. The maximum atomic E-state index is 13.2. The Labute approximate surface area is 211 Å². The van der Waals surface area contributed by atoms with Crippen molar-refractivity contribution in [2.24, 2.45) is 7.05 Å². The first-order valence-corrected chi connectivity index (χ1v) is 11.6. The molecule has 0 amide bonds. The molecule has 0 fully saturated rings. The van der Waals surface area contributed by atoms with E-state index in [2.05, 4.69) is 11.0 Å². The molecule has 0 aliphatic rings. The minimum absolute atomic E-state index is 0.0789. The number of alkyl halides is 3. The number of rotatable bonds is 7. The van der Waals surface area contributed by atoms with Crippen LogP contribution < -0.4 is 16.0 Å². The van der Waals surface area contributed by atoms with Crippen LogP contribution in [0.4, 0.5) is 13.2 Å². The summed E-state index contributed by atoms with van der Waals surface area (Å²) in [7, 11) is 0.947. The summed E-state index contributed by atoms with van der Waals surface area (Å²) < 4.78 is 51.5. The quantitative estimate of drug-likeness (QED) is 0.351. The second-order valence-electron chi connectivity index (χ2n) is 8.20. The number of benzene rings is 2. The number of carbonyl (C=O) groups is 1. The molecule has 0 aliphatic carbocycles. The predicted molar refractivity (Wildman–Crippen MR) is 132 cm³/mol. The van der Waals surface area contributed by atoms with Crippen LogP contribution in [-0.4, -0.2) is 30.7 Å². The molecule has 1 N–H and O–H groups in total. The van der Waals surface area contributed by atoms with Gasteiger partial charge in [-0.15, -0.1) is 6.58 Å². The van der Waals surface area contributed by atoms with E-state index in [1.165, 1.54) is 18.2 Å². The summed E-state index contributed by atoms with van der Waals surface area (Å²) >= 11 is 1.15. The zero-order valence-electron chi connectivity index (χ0n) is 19.6. The molecule has 4 rings (SSSR count). The van der Waals surface area contributed by atoms with Gasteiger partial charge in [-0.25, -0.2) is 14.2 Å². The number of halogens is 3. The molecule has 2 heterocycles. The molecule has 1 unspecified atom stereocenters. The summed E-state index contributed by atoms with van der Waals surface area (Å²) in [6.45, 7) is 5.37. The van der Waals surface area contributed by atoms with Gasteiger partial charge in [-0.1, -0.05) is 12.1 Å². The van der Waals surface area contributed by atoms with Gasteiger partial charge >= 0.3 is 17.8 Å². The molecule has 0 spiro atoms. The number of nitrogens with zero attached hydrogens (tertiary/aromatic N) is 3. The molecule has 0 aliphatic heterocycles. The van der Waals surface area contributed by atoms with Crippen LogP contribution in [0.15, 0.2) is 64.7 Å². The summed E-state index contributed by atoms with van der Waals surface area (Å²) in [5.41, 5.74) is -1.63. The second-order valence-corrected chi connectivity index (χ2v) is 9.01. The van der Waals surface area contributed by atoms with Crippen molar-refractivity contribution in [2.45, 2.75) is 25.6 Å². The summed E-state index contributed by atoms with van der Waals surface area (Å²) in [4.78, 5) is 36.8. The first-order valence-electron chi connectivity index (χ1n) is 10.8. The summed E-state index contributed by atoms with van der Waals surface area (Å²) in [6.07, 6.45) is -4.46. The van der Waals surface area contributed by atoms with Crippen molar-refractivity contribution >= 4 is 27.6 Å². The van der Waals surface area contributed by atoms with Gasteiger partial charge in [0.1, 0.15) is 11.4 Å². The normalized spacial score (nSPS) is 12.5. The minimum Gasteiger partial charge on any atom is -0.478 e. The standard InChI is InChI=1S/C25H20F3N3O5S/c1-4-5-18(23(33)34)36-15-8-6-13(2)16(11-15)22-17-10-14(7-9-19(17)37-29-22)31-21(32)12-20(25(26,27)28)30(3)24(31)35/h4,6-12,18H,1,5H2,2-3H3,(H,33,34). The van der Waals surface area contributed by atoms with Gasteiger partial charge in [-0.3, -0.25) is 9.36 Å². The molecule has 37 heavy (non-hydrogen) atoms. The van der Waals surface area contributed by atoms with E-state index in [9.17, 15) is 32.7 Å². The zero-order chi connectivity index (χ0) is 27.1. The van der Waals surface area contributed by atoms with Crippen LogP contribution in [0.25, 0.3) is 27.0 Å². The van der Waals surface area contributed by atoms with Gasteiger partial charge in [0.25, 0.3) is 5.56 Å². The average Bonchev–Trinajstić information content (AvgIpc) is 3.24. The number of fused-ring (bicyclic) bond motifs is 1. The first-order chi connectivity index (χ1) is 17.4. The lowest BCUT2D eigenvalue weighted by molar-refractivity contribution is -0.145. The SMILES string of the molecule is C=CCC(Oc1ccc(C)c(-c2nsc3ccc(-n4c(=O)cc(C(F)(F)F)n(C)c4=O)cc23)c1)C(=O)O. The largest absolute Gasteiger partial charge is 0.478 e. The molecule has 4 aromatic rings. The third-order valence-corrected chi connectivity index (χ3v) is 6.55. The maximum Gasteiger partial charge on any atom is 0.431 e. The highest BCUT2D eigenvalue weighted by Gasteiger charge is 2.35. The van der Waals surface area contributed by atoms with Crippen molar-refractivity contribution in [1.82, 2.24) is 13.5 Å². The fourth-order valence-electron chi connectivity index (χ4n) is 3.84. The summed E-state index contributed by atoms with van der Waals surface area (Å²) in [5, 5.41) is 9.93. The van der Waals surface area contributed by atoms with Crippen LogP contribution in [0, 0.1) is 6.92 Å². The van der Waals surface area contributed by atoms with E-state index in [-0.39, 0.29) is 12.1 Å². The van der Waals surface area contributed by atoms with E-state index in [0.717, 1.165) is 24.1 Å². The summed E-state index contributed by atoms with van der Waals surface area (Å²) in [6, 6.07) is 9.97. The molecule has 0 saturated carbocycles. The Morgan fingerprint density at radius 1 is 1.22 bits per heavy atom. The Morgan fingerprint density at radius 3 is 2.59 bits per heavy atom. The van der Waals surface area contributed by atoms with Crippen molar-refractivity contribution < 1.29 is 27.8 Å². The third-order valence-electron chi connectivity index (χ3n) is 5.72. The minimum atomic E-state index is -4.86. The van der Waals surface area contributed by atoms with Crippen molar-refractivity contribution in [3.8, 4) is 22.7 Å². The van der Waals surface area contributed by atoms with Crippen LogP contribution in [0.1, 0.15) is 17.7 Å². The molecule has 1 atom stereocenters. The molecule has 12 heteroatoms. The zero-order valence-corrected chi connectivity index (χ0v) is 20.4. The number of hydrogen-bond donors (Lipinski definition) is 1. The van der Waals surface area contributed by atoms with Crippen LogP contribution >= 0.6 is 11.5 Å². The molecule has 0 bridgehead atoms. The highest BCUT2D eigenvalue weighted by atomic mass is 32.1. The lowest BCUT2D eigenvalue weighted by Crippen LogP contribution is -2.40. The molecule has 0 saturated heterocycles. The van der Waals surface area contributed by atoms with E-state index in [1.54, 1.807) is 24.3 Å². The predicted octanol–water partition coefficient (Wildman–Crippen LogP) is 4.55. The van der Waals surface area contributed by atoms with Crippen molar-refractivity contribution in [1.29, 1.82) is 0 Å². The number of carboxylic acids is 1. The Hall–Kier alpha value is -4.19. The third kappa shape index (κ3) is 4.92. The molecular weight excluding hydrogens is 511 g/mol. The number of aryl methyl sites for hydroxylation is 1. The Morgan fingerprint density at radius 2 is 1.95 bits per heavy atom. The van der Waals surface area contributed by atoms with Crippen LogP contribution in [-0.2, 0) is 18.0 Å². The molecule has 2 aromatic heterocycles. The van der Waals surface area contributed by atoms with E-state index in [4.69, 9.17) is 4.74 Å².